The molecule has 3 aromatic heterocycles. The lowest BCUT2D eigenvalue weighted by molar-refractivity contribution is 0.256. The third-order valence-corrected chi connectivity index (χ3v) is 4.34. The van der Waals surface area contributed by atoms with Gasteiger partial charge >= 0.3 is 6.03 Å². The summed E-state index contributed by atoms with van der Waals surface area (Å²) in [7, 11) is 0. The number of carbonyl (C=O) groups is 1. The average Bonchev–Trinajstić information content (AvgIpc) is 2.90. The first-order valence-corrected chi connectivity index (χ1v) is 8.88. The standard InChI is InChI=1S/C20H20N6O/c1-14-13-15(8-11-21-14)16-6-7-17-19(24-16)26(12-4-10-22-17)20(27)25-18-5-2-3-9-23-18/h2-3,5-9,11,13,22H,4,10,12H2,1H3,(H,23,25,27). The second-order valence-corrected chi connectivity index (χ2v) is 6.33. The lowest BCUT2D eigenvalue weighted by Crippen LogP contribution is -2.36. The summed E-state index contributed by atoms with van der Waals surface area (Å²) >= 11 is 0. The summed E-state index contributed by atoms with van der Waals surface area (Å²) in [5.41, 5.74) is 3.54. The molecule has 0 saturated heterocycles. The summed E-state index contributed by atoms with van der Waals surface area (Å²) < 4.78 is 0. The maximum Gasteiger partial charge on any atom is 0.328 e. The minimum Gasteiger partial charge on any atom is -0.382 e. The highest BCUT2D eigenvalue weighted by Gasteiger charge is 2.23. The van der Waals surface area contributed by atoms with Crippen molar-refractivity contribution in [2.45, 2.75) is 13.3 Å². The Bertz CT molecular complexity index is 960. The van der Waals surface area contributed by atoms with Crippen molar-refractivity contribution in [3.05, 3.63) is 60.6 Å². The number of rotatable bonds is 2. The van der Waals surface area contributed by atoms with Gasteiger partial charge in [-0.1, -0.05) is 6.07 Å². The molecule has 3 aromatic rings. The van der Waals surface area contributed by atoms with Crippen LogP contribution in [0.5, 0.6) is 0 Å². The fraction of sp³-hybridized carbons (Fsp3) is 0.200. The molecule has 0 spiro atoms. The summed E-state index contributed by atoms with van der Waals surface area (Å²) in [6, 6.07) is 13.0. The van der Waals surface area contributed by atoms with Gasteiger partial charge < -0.3 is 5.32 Å². The van der Waals surface area contributed by atoms with Crippen LogP contribution < -0.4 is 15.5 Å². The summed E-state index contributed by atoms with van der Waals surface area (Å²) in [5.74, 6) is 1.13. The number of hydrogen-bond donors (Lipinski definition) is 2. The smallest absolute Gasteiger partial charge is 0.328 e. The van der Waals surface area contributed by atoms with Crippen molar-refractivity contribution in [3.8, 4) is 11.3 Å². The zero-order valence-electron chi connectivity index (χ0n) is 15.0. The van der Waals surface area contributed by atoms with Crippen LogP contribution in [0.3, 0.4) is 0 Å². The SMILES string of the molecule is Cc1cc(-c2ccc3c(n2)N(C(=O)Nc2ccccn2)CCCN3)ccn1. The fourth-order valence-electron chi connectivity index (χ4n) is 3.04. The van der Waals surface area contributed by atoms with Crippen LogP contribution in [0.2, 0.25) is 0 Å². The van der Waals surface area contributed by atoms with E-state index in [4.69, 9.17) is 4.98 Å². The summed E-state index contributed by atoms with van der Waals surface area (Å²) in [4.78, 5) is 27.7. The monoisotopic (exact) mass is 360 g/mol. The number of amides is 2. The molecule has 7 nitrogen and oxygen atoms in total. The van der Waals surface area contributed by atoms with E-state index < -0.39 is 0 Å². The molecular weight excluding hydrogens is 340 g/mol. The van der Waals surface area contributed by atoms with Crippen LogP contribution in [0.15, 0.2) is 54.9 Å². The first kappa shape index (κ1) is 17.0. The van der Waals surface area contributed by atoms with Gasteiger partial charge in [-0.3, -0.25) is 15.2 Å². The van der Waals surface area contributed by atoms with Gasteiger partial charge in [0, 0.05) is 36.7 Å². The number of urea groups is 1. The van der Waals surface area contributed by atoms with Crippen molar-refractivity contribution in [3.63, 3.8) is 0 Å². The summed E-state index contributed by atoms with van der Waals surface area (Å²) in [5, 5.41) is 6.20. The second-order valence-electron chi connectivity index (χ2n) is 6.33. The molecule has 0 aliphatic carbocycles. The van der Waals surface area contributed by atoms with Crippen molar-refractivity contribution in [1.82, 2.24) is 15.0 Å². The Morgan fingerprint density at radius 1 is 1.15 bits per heavy atom. The molecule has 0 fully saturated rings. The predicted molar refractivity (Wildman–Crippen MR) is 106 cm³/mol. The molecule has 1 aliphatic rings. The van der Waals surface area contributed by atoms with Gasteiger partial charge in [0.25, 0.3) is 0 Å². The van der Waals surface area contributed by atoms with E-state index in [9.17, 15) is 4.79 Å². The number of aromatic nitrogens is 3. The lowest BCUT2D eigenvalue weighted by atomic mass is 10.1. The first-order valence-electron chi connectivity index (χ1n) is 8.88. The van der Waals surface area contributed by atoms with Crippen LogP contribution in [0, 0.1) is 6.92 Å². The van der Waals surface area contributed by atoms with Crippen LogP contribution >= 0.6 is 0 Å². The number of hydrogen-bond acceptors (Lipinski definition) is 5. The maximum atomic E-state index is 12.9. The number of nitrogens with one attached hydrogen (secondary N) is 2. The summed E-state index contributed by atoms with van der Waals surface area (Å²) in [6.07, 6.45) is 4.24. The molecule has 0 saturated carbocycles. The largest absolute Gasteiger partial charge is 0.382 e. The van der Waals surface area contributed by atoms with E-state index in [1.165, 1.54) is 0 Å². The molecule has 0 unspecified atom stereocenters. The highest BCUT2D eigenvalue weighted by atomic mass is 16.2. The number of anilines is 3. The molecular formula is C20H20N6O. The third-order valence-electron chi connectivity index (χ3n) is 4.34. The Morgan fingerprint density at radius 2 is 2.07 bits per heavy atom. The topological polar surface area (TPSA) is 83.0 Å². The van der Waals surface area contributed by atoms with Crippen molar-refractivity contribution >= 4 is 23.4 Å². The van der Waals surface area contributed by atoms with E-state index in [0.29, 0.717) is 18.2 Å². The van der Waals surface area contributed by atoms with E-state index in [-0.39, 0.29) is 6.03 Å². The zero-order valence-corrected chi connectivity index (χ0v) is 15.0. The van der Waals surface area contributed by atoms with Crippen molar-refractivity contribution in [1.29, 1.82) is 0 Å². The lowest BCUT2D eigenvalue weighted by Gasteiger charge is -2.22. The van der Waals surface area contributed by atoms with E-state index in [1.54, 1.807) is 23.4 Å². The van der Waals surface area contributed by atoms with Crippen LogP contribution in [-0.2, 0) is 0 Å². The van der Waals surface area contributed by atoms with Gasteiger partial charge in [0.2, 0.25) is 0 Å². The molecule has 1 aliphatic heterocycles. The minimum atomic E-state index is -0.241. The quantitative estimate of drug-likeness (QED) is 0.728. The van der Waals surface area contributed by atoms with Gasteiger partial charge in [0.15, 0.2) is 5.82 Å². The van der Waals surface area contributed by atoms with E-state index >= 15 is 0 Å². The van der Waals surface area contributed by atoms with Gasteiger partial charge in [0.1, 0.15) is 5.82 Å². The van der Waals surface area contributed by atoms with Gasteiger partial charge in [0.05, 0.1) is 11.4 Å². The molecule has 136 valence electrons. The van der Waals surface area contributed by atoms with Crippen LogP contribution in [0.4, 0.5) is 22.1 Å². The normalized spacial score (nSPS) is 13.3. The Labute approximate surface area is 157 Å². The van der Waals surface area contributed by atoms with E-state index in [2.05, 4.69) is 20.6 Å². The number of nitrogens with zero attached hydrogens (tertiary/aromatic N) is 4. The first-order chi connectivity index (χ1) is 13.2. The second kappa shape index (κ2) is 7.41. The van der Waals surface area contributed by atoms with Crippen molar-refractivity contribution < 1.29 is 4.79 Å². The average molecular weight is 360 g/mol. The minimum absolute atomic E-state index is 0.241. The highest BCUT2D eigenvalue weighted by Crippen LogP contribution is 2.30. The van der Waals surface area contributed by atoms with E-state index in [1.807, 2.05) is 43.3 Å². The van der Waals surface area contributed by atoms with Crippen LogP contribution in [-0.4, -0.2) is 34.1 Å². The molecule has 0 atom stereocenters. The fourth-order valence-corrected chi connectivity index (χ4v) is 3.04. The Kier molecular flexibility index (Phi) is 4.65. The molecule has 0 radical (unpaired) electrons. The van der Waals surface area contributed by atoms with Gasteiger partial charge in [-0.15, -0.1) is 0 Å². The third kappa shape index (κ3) is 3.72. The number of pyridine rings is 3. The Hall–Kier alpha value is -3.48. The number of fused-ring (bicyclic) bond motifs is 1. The highest BCUT2D eigenvalue weighted by molar-refractivity contribution is 6.02. The molecule has 2 N–H and O–H groups in total. The number of carbonyl (C=O) groups excluding carboxylic acids is 1. The zero-order chi connectivity index (χ0) is 18.6. The maximum absolute atomic E-state index is 12.9. The van der Waals surface area contributed by atoms with Gasteiger partial charge in [-0.05, 0) is 49.7 Å². The molecule has 4 rings (SSSR count). The molecule has 0 bridgehead atoms. The predicted octanol–water partition coefficient (Wildman–Crippen LogP) is 3.70. The molecule has 2 amide bonds. The molecule has 27 heavy (non-hydrogen) atoms. The summed E-state index contributed by atoms with van der Waals surface area (Å²) in [6.45, 7) is 3.31. The van der Waals surface area contributed by atoms with Gasteiger partial charge in [-0.2, -0.15) is 0 Å². The van der Waals surface area contributed by atoms with Gasteiger partial charge in [-0.25, -0.2) is 14.8 Å². The molecule has 0 aromatic carbocycles. The molecule has 7 heteroatoms. The van der Waals surface area contributed by atoms with Crippen LogP contribution in [0.25, 0.3) is 11.3 Å². The Balaban J connectivity index is 1.69. The Morgan fingerprint density at radius 3 is 2.89 bits per heavy atom. The van der Waals surface area contributed by atoms with Crippen molar-refractivity contribution in [2.24, 2.45) is 0 Å². The van der Waals surface area contributed by atoms with E-state index in [0.717, 1.165) is 35.6 Å². The molecule has 4 heterocycles. The number of aryl methyl sites for hydroxylation is 1. The van der Waals surface area contributed by atoms with Crippen LogP contribution in [0.1, 0.15) is 12.1 Å². The van der Waals surface area contributed by atoms with Crippen molar-refractivity contribution in [2.75, 3.05) is 28.6 Å².